The summed E-state index contributed by atoms with van der Waals surface area (Å²) >= 11 is 0. The minimum atomic E-state index is -1.65. The molecule has 138 valence electrons. The zero-order valence-electron chi connectivity index (χ0n) is 14.6. The van der Waals surface area contributed by atoms with Crippen molar-refractivity contribution in [3.8, 4) is 0 Å². The first-order valence-electron chi connectivity index (χ1n) is 8.39. The standard InChI is InChI=1S/C20H20F3NO2/c1-12-3-4-13(9-17(12)22)19(25)15-11-24(2)8-7-20(15,26)14-5-6-16(21)18(23)10-14/h3-6,9-10,15,26H,7-8,11H2,1-2H3. The lowest BCUT2D eigenvalue weighted by atomic mass is 9.72. The van der Waals surface area contributed by atoms with Gasteiger partial charge in [-0.1, -0.05) is 18.2 Å². The average molecular weight is 363 g/mol. The Labute approximate surface area is 150 Å². The lowest BCUT2D eigenvalue weighted by Gasteiger charge is -2.43. The third-order valence-corrected chi connectivity index (χ3v) is 5.14. The van der Waals surface area contributed by atoms with Crippen LogP contribution in [0, 0.1) is 30.3 Å². The summed E-state index contributed by atoms with van der Waals surface area (Å²) in [5.41, 5.74) is -0.942. The van der Waals surface area contributed by atoms with Crippen LogP contribution in [0.1, 0.15) is 27.9 Å². The van der Waals surface area contributed by atoms with Crippen molar-refractivity contribution in [3.05, 3.63) is 70.5 Å². The van der Waals surface area contributed by atoms with Gasteiger partial charge in [0.1, 0.15) is 11.4 Å². The number of aryl methyl sites for hydroxylation is 1. The number of halogens is 3. The van der Waals surface area contributed by atoms with Crippen molar-refractivity contribution in [2.24, 2.45) is 5.92 Å². The highest BCUT2D eigenvalue weighted by atomic mass is 19.2. The average Bonchev–Trinajstić information content (AvgIpc) is 2.61. The highest BCUT2D eigenvalue weighted by Crippen LogP contribution is 2.39. The summed E-state index contributed by atoms with van der Waals surface area (Å²) < 4.78 is 40.9. The van der Waals surface area contributed by atoms with Crippen molar-refractivity contribution in [2.45, 2.75) is 18.9 Å². The molecule has 1 aliphatic rings. The van der Waals surface area contributed by atoms with Crippen molar-refractivity contribution >= 4 is 5.78 Å². The minimum Gasteiger partial charge on any atom is -0.384 e. The van der Waals surface area contributed by atoms with E-state index in [-0.39, 0.29) is 24.1 Å². The summed E-state index contributed by atoms with van der Waals surface area (Å²) in [5.74, 6) is -3.96. The number of Topliss-reactive ketones (excluding diaryl/α,β-unsaturated/α-hetero) is 1. The molecule has 3 nitrogen and oxygen atoms in total. The predicted octanol–water partition coefficient (Wildman–Crippen LogP) is 3.43. The monoisotopic (exact) mass is 363 g/mol. The van der Waals surface area contributed by atoms with Gasteiger partial charge >= 0.3 is 0 Å². The molecule has 0 spiro atoms. The normalized spacial score (nSPS) is 23.8. The zero-order chi connectivity index (χ0) is 19.1. The molecule has 1 aliphatic heterocycles. The Morgan fingerprint density at radius 3 is 2.50 bits per heavy atom. The number of carbonyl (C=O) groups is 1. The van der Waals surface area contributed by atoms with Gasteiger partial charge in [0.15, 0.2) is 17.4 Å². The first-order valence-corrected chi connectivity index (χ1v) is 8.39. The first kappa shape index (κ1) is 18.6. The molecule has 3 rings (SSSR count). The maximum Gasteiger partial charge on any atom is 0.170 e. The molecule has 0 bridgehead atoms. The van der Waals surface area contributed by atoms with Crippen molar-refractivity contribution in [3.63, 3.8) is 0 Å². The first-order chi connectivity index (χ1) is 12.2. The zero-order valence-corrected chi connectivity index (χ0v) is 14.6. The van der Waals surface area contributed by atoms with E-state index in [0.717, 1.165) is 18.2 Å². The summed E-state index contributed by atoms with van der Waals surface area (Å²) in [4.78, 5) is 14.9. The van der Waals surface area contributed by atoms with Gasteiger partial charge in [0, 0.05) is 18.7 Å². The van der Waals surface area contributed by atoms with Gasteiger partial charge in [-0.25, -0.2) is 13.2 Å². The lowest BCUT2D eigenvalue weighted by Crippen LogP contribution is -2.52. The fraction of sp³-hybridized carbons (Fsp3) is 0.350. The van der Waals surface area contributed by atoms with E-state index in [1.807, 2.05) is 4.90 Å². The van der Waals surface area contributed by atoms with Gasteiger partial charge in [-0.05, 0) is 49.7 Å². The quantitative estimate of drug-likeness (QED) is 0.850. The van der Waals surface area contributed by atoms with E-state index in [0.29, 0.717) is 12.1 Å². The molecule has 26 heavy (non-hydrogen) atoms. The van der Waals surface area contributed by atoms with Crippen LogP contribution < -0.4 is 0 Å². The van der Waals surface area contributed by atoms with E-state index < -0.39 is 34.8 Å². The van der Waals surface area contributed by atoms with Gasteiger partial charge in [-0.3, -0.25) is 4.79 Å². The largest absolute Gasteiger partial charge is 0.384 e. The third kappa shape index (κ3) is 3.27. The van der Waals surface area contributed by atoms with Gasteiger partial charge < -0.3 is 10.0 Å². The molecular weight excluding hydrogens is 343 g/mol. The molecule has 0 aromatic heterocycles. The molecule has 1 saturated heterocycles. The van der Waals surface area contributed by atoms with Gasteiger partial charge in [-0.15, -0.1) is 0 Å². The van der Waals surface area contributed by atoms with Crippen molar-refractivity contribution in [2.75, 3.05) is 20.1 Å². The summed E-state index contributed by atoms with van der Waals surface area (Å²) in [5, 5.41) is 11.3. The summed E-state index contributed by atoms with van der Waals surface area (Å²) in [6.45, 7) is 2.31. The van der Waals surface area contributed by atoms with Crippen LogP contribution in [-0.4, -0.2) is 35.9 Å². The Balaban J connectivity index is 2.03. The molecule has 6 heteroatoms. The molecule has 2 atom stereocenters. The molecule has 1 fully saturated rings. The fourth-order valence-electron chi connectivity index (χ4n) is 3.45. The van der Waals surface area contributed by atoms with Crippen LogP contribution >= 0.6 is 0 Å². The minimum absolute atomic E-state index is 0.148. The van der Waals surface area contributed by atoms with E-state index in [4.69, 9.17) is 0 Å². The number of hydrogen-bond donors (Lipinski definition) is 1. The smallest absolute Gasteiger partial charge is 0.170 e. The van der Waals surface area contributed by atoms with Gasteiger partial charge in [0.2, 0.25) is 0 Å². The summed E-state index contributed by atoms with van der Waals surface area (Å²) in [6.07, 6.45) is 0.180. The molecule has 0 radical (unpaired) electrons. The van der Waals surface area contributed by atoms with E-state index in [1.54, 1.807) is 14.0 Å². The van der Waals surface area contributed by atoms with E-state index in [1.165, 1.54) is 18.2 Å². The van der Waals surface area contributed by atoms with Crippen LogP contribution in [0.4, 0.5) is 13.2 Å². The lowest BCUT2D eigenvalue weighted by molar-refractivity contribution is -0.0596. The fourth-order valence-corrected chi connectivity index (χ4v) is 3.45. The number of ketones is 1. The van der Waals surface area contributed by atoms with E-state index in [9.17, 15) is 23.1 Å². The van der Waals surface area contributed by atoms with Crippen LogP contribution in [0.25, 0.3) is 0 Å². The Morgan fingerprint density at radius 1 is 1.12 bits per heavy atom. The molecule has 2 aromatic carbocycles. The molecule has 1 N–H and O–H groups in total. The number of rotatable bonds is 3. The maximum atomic E-state index is 13.9. The molecular formula is C20H20F3NO2. The molecule has 0 aliphatic carbocycles. The van der Waals surface area contributed by atoms with Crippen LogP contribution in [-0.2, 0) is 5.60 Å². The van der Waals surface area contributed by atoms with Crippen LogP contribution in [0.15, 0.2) is 36.4 Å². The number of nitrogens with zero attached hydrogens (tertiary/aromatic N) is 1. The number of hydrogen-bond acceptors (Lipinski definition) is 3. The van der Waals surface area contributed by atoms with Gasteiger partial charge in [0.05, 0.1) is 5.92 Å². The van der Waals surface area contributed by atoms with Crippen molar-refractivity contribution in [1.29, 1.82) is 0 Å². The Bertz CT molecular complexity index is 855. The Hall–Kier alpha value is -2.18. The van der Waals surface area contributed by atoms with E-state index >= 15 is 0 Å². The molecule has 2 unspecified atom stereocenters. The number of carbonyl (C=O) groups excluding carboxylic acids is 1. The predicted molar refractivity (Wildman–Crippen MR) is 91.3 cm³/mol. The number of aliphatic hydroxyl groups is 1. The second kappa shape index (κ2) is 6.85. The highest BCUT2D eigenvalue weighted by Gasteiger charge is 2.46. The molecule has 0 amide bonds. The second-order valence-electron chi connectivity index (χ2n) is 6.95. The summed E-state index contributed by atoms with van der Waals surface area (Å²) in [6, 6.07) is 7.33. The van der Waals surface area contributed by atoms with Crippen molar-refractivity contribution in [1.82, 2.24) is 4.90 Å². The van der Waals surface area contributed by atoms with Crippen molar-refractivity contribution < 1.29 is 23.1 Å². The SMILES string of the molecule is Cc1ccc(C(=O)C2CN(C)CCC2(O)c2ccc(F)c(F)c2)cc1F. The molecule has 0 saturated carbocycles. The third-order valence-electron chi connectivity index (χ3n) is 5.14. The highest BCUT2D eigenvalue weighted by molar-refractivity contribution is 5.99. The van der Waals surface area contributed by atoms with Crippen LogP contribution in [0.2, 0.25) is 0 Å². The molecule has 2 aromatic rings. The number of piperidine rings is 1. The van der Waals surface area contributed by atoms with E-state index in [2.05, 4.69) is 0 Å². The molecule has 1 heterocycles. The maximum absolute atomic E-state index is 13.9. The second-order valence-corrected chi connectivity index (χ2v) is 6.95. The Morgan fingerprint density at radius 2 is 1.85 bits per heavy atom. The number of likely N-dealkylation sites (tertiary alicyclic amines) is 1. The summed E-state index contributed by atoms with van der Waals surface area (Å²) in [7, 11) is 1.81. The van der Waals surface area contributed by atoms with Gasteiger partial charge in [-0.2, -0.15) is 0 Å². The van der Waals surface area contributed by atoms with Crippen LogP contribution in [0.3, 0.4) is 0 Å². The number of benzene rings is 2. The Kier molecular flexibility index (Phi) is 4.90. The topological polar surface area (TPSA) is 40.5 Å². The van der Waals surface area contributed by atoms with Crippen LogP contribution in [0.5, 0.6) is 0 Å². The van der Waals surface area contributed by atoms with Gasteiger partial charge in [0.25, 0.3) is 0 Å².